The van der Waals surface area contributed by atoms with Crippen LogP contribution in [0.5, 0.6) is 0 Å². The van der Waals surface area contributed by atoms with Crippen molar-refractivity contribution in [3.63, 3.8) is 0 Å². The zero-order chi connectivity index (χ0) is 22.5. The van der Waals surface area contributed by atoms with Crippen molar-refractivity contribution in [2.24, 2.45) is 5.73 Å². The molecule has 0 saturated carbocycles. The minimum Gasteiger partial charge on any atom is -0.370 e. The summed E-state index contributed by atoms with van der Waals surface area (Å²) in [5.74, 6) is -1.04. The van der Waals surface area contributed by atoms with Crippen LogP contribution < -0.4 is 5.73 Å². The summed E-state index contributed by atoms with van der Waals surface area (Å²) in [6.45, 7) is 2.46. The standard InChI is InChI=1S/C23H25F2N3O3S/c24-17-6-7-21(25)20(8-17)23-22(26)9-18(14-31-23)27-10-15-12-28(13-16(15)11-27)32(29,30)19-4-2-1-3-5-19/h1-8,18,22-23H,9-14,26H2. The van der Waals surface area contributed by atoms with Crippen molar-refractivity contribution in [2.75, 3.05) is 32.8 Å². The van der Waals surface area contributed by atoms with E-state index in [1.165, 1.54) is 4.31 Å². The predicted molar refractivity (Wildman–Crippen MR) is 115 cm³/mol. The summed E-state index contributed by atoms with van der Waals surface area (Å²) in [5, 5.41) is 0. The molecule has 1 saturated heterocycles. The van der Waals surface area contributed by atoms with Crippen molar-refractivity contribution in [3.05, 3.63) is 76.9 Å². The van der Waals surface area contributed by atoms with E-state index in [0.29, 0.717) is 44.1 Å². The van der Waals surface area contributed by atoms with Gasteiger partial charge in [-0.2, -0.15) is 4.31 Å². The van der Waals surface area contributed by atoms with Gasteiger partial charge in [-0.1, -0.05) is 18.2 Å². The van der Waals surface area contributed by atoms with E-state index in [4.69, 9.17) is 10.5 Å². The third-order valence-corrected chi connectivity index (χ3v) is 8.39. The lowest BCUT2D eigenvalue weighted by Gasteiger charge is -2.39. The zero-order valence-corrected chi connectivity index (χ0v) is 18.3. The summed E-state index contributed by atoms with van der Waals surface area (Å²) in [6.07, 6.45) is -0.0939. The molecule has 3 aliphatic rings. The number of sulfonamides is 1. The molecule has 3 heterocycles. The van der Waals surface area contributed by atoms with Gasteiger partial charge in [0.05, 0.1) is 11.5 Å². The number of rotatable bonds is 4. The maximum Gasteiger partial charge on any atom is 0.243 e. The van der Waals surface area contributed by atoms with Gasteiger partial charge >= 0.3 is 0 Å². The summed E-state index contributed by atoms with van der Waals surface area (Å²) < 4.78 is 61.0. The number of ether oxygens (including phenoxy) is 1. The minimum atomic E-state index is -3.52. The number of nitrogens with zero attached hydrogens (tertiary/aromatic N) is 2. The molecule has 32 heavy (non-hydrogen) atoms. The highest BCUT2D eigenvalue weighted by molar-refractivity contribution is 7.89. The third kappa shape index (κ3) is 3.88. The minimum absolute atomic E-state index is 0.0441. The van der Waals surface area contributed by atoms with Gasteiger partial charge in [0.2, 0.25) is 10.0 Å². The van der Waals surface area contributed by atoms with Crippen LogP contribution in [0.2, 0.25) is 0 Å². The van der Waals surface area contributed by atoms with Crippen molar-refractivity contribution < 1.29 is 21.9 Å². The second-order valence-corrected chi connectivity index (χ2v) is 10.6. The number of hydrogen-bond acceptors (Lipinski definition) is 5. The van der Waals surface area contributed by atoms with E-state index in [1.807, 2.05) is 0 Å². The van der Waals surface area contributed by atoms with Crippen LogP contribution in [0.15, 0.2) is 64.6 Å². The van der Waals surface area contributed by atoms with Crippen LogP contribution in [0.3, 0.4) is 0 Å². The Hall–Kier alpha value is -2.17. The van der Waals surface area contributed by atoms with E-state index in [2.05, 4.69) is 4.90 Å². The topological polar surface area (TPSA) is 75.9 Å². The molecule has 3 aliphatic heterocycles. The van der Waals surface area contributed by atoms with E-state index >= 15 is 0 Å². The van der Waals surface area contributed by atoms with E-state index in [0.717, 1.165) is 29.3 Å². The molecule has 0 radical (unpaired) electrons. The molecule has 0 spiro atoms. The fourth-order valence-corrected chi connectivity index (χ4v) is 6.35. The van der Waals surface area contributed by atoms with Crippen LogP contribution in [0.4, 0.5) is 8.78 Å². The average Bonchev–Trinajstić information content (AvgIpc) is 3.36. The fraction of sp³-hybridized carbons (Fsp3) is 0.391. The summed E-state index contributed by atoms with van der Waals surface area (Å²) in [5.41, 5.74) is 8.70. The Morgan fingerprint density at radius 1 is 0.969 bits per heavy atom. The highest BCUT2D eigenvalue weighted by atomic mass is 32.2. The number of nitrogens with two attached hydrogens (primary N) is 1. The van der Waals surface area contributed by atoms with Crippen LogP contribution in [-0.4, -0.2) is 62.5 Å². The van der Waals surface area contributed by atoms with Crippen molar-refractivity contribution in [1.82, 2.24) is 9.21 Å². The molecule has 170 valence electrons. The molecule has 3 unspecified atom stereocenters. The summed E-state index contributed by atoms with van der Waals surface area (Å²) >= 11 is 0. The first-order chi connectivity index (χ1) is 15.3. The SMILES string of the molecule is NC1CC(N2CC3=C(C2)CN(S(=O)(=O)c2ccccc2)C3)COC1c1cc(F)ccc1F. The van der Waals surface area contributed by atoms with Gasteiger partial charge in [-0.05, 0) is 47.9 Å². The lowest BCUT2D eigenvalue weighted by atomic mass is 9.93. The largest absolute Gasteiger partial charge is 0.370 e. The monoisotopic (exact) mass is 461 g/mol. The highest BCUT2D eigenvalue weighted by Crippen LogP contribution is 2.35. The van der Waals surface area contributed by atoms with Gasteiger partial charge < -0.3 is 10.5 Å². The normalized spacial score (nSPS) is 27.2. The highest BCUT2D eigenvalue weighted by Gasteiger charge is 2.41. The average molecular weight is 462 g/mol. The molecule has 6 nitrogen and oxygen atoms in total. The Kier molecular flexibility index (Phi) is 5.63. The predicted octanol–water partition coefficient (Wildman–Crippen LogP) is 2.44. The maximum atomic E-state index is 14.2. The molecule has 0 bridgehead atoms. The van der Waals surface area contributed by atoms with E-state index in [1.54, 1.807) is 30.3 Å². The van der Waals surface area contributed by atoms with Gasteiger partial charge in [-0.3, -0.25) is 4.90 Å². The van der Waals surface area contributed by atoms with Gasteiger partial charge in [0.15, 0.2) is 0 Å². The lowest BCUT2D eigenvalue weighted by molar-refractivity contribution is -0.0467. The second kappa shape index (κ2) is 8.31. The maximum absolute atomic E-state index is 14.2. The molecular weight excluding hydrogens is 436 g/mol. The van der Waals surface area contributed by atoms with Crippen molar-refractivity contribution in [1.29, 1.82) is 0 Å². The molecule has 1 fully saturated rings. The molecule has 2 aromatic rings. The Balaban J connectivity index is 1.21. The summed E-state index contributed by atoms with van der Waals surface area (Å²) in [4.78, 5) is 2.55. The van der Waals surface area contributed by atoms with Crippen LogP contribution in [-0.2, 0) is 14.8 Å². The number of hydrogen-bond donors (Lipinski definition) is 1. The molecule has 0 amide bonds. The molecule has 0 aromatic heterocycles. The molecular formula is C23H25F2N3O3S. The first kappa shape index (κ1) is 21.7. The Morgan fingerprint density at radius 2 is 1.66 bits per heavy atom. The smallest absolute Gasteiger partial charge is 0.243 e. The van der Waals surface area contributed by atoms with E-state index in [9.17, 15) is 17.2 Å². The van der Waals surface area contributed by atoms with Gasteiger partial charge in [-0.15, -0.1) is 0 Å². The van der Waals surface area contributed by atoms with Crippen LogP contribution in [0, 0.1) is 11.6 Å². The molecule has 0 aliphatic carbocycles. The molecule has 5 rings (SSSR count). The first-order valence-corrected chi connectivity index (χ1v) is 12.1. The molecule has 3 atom stereocenters. The Labute approximate surface area is 186 Å². The summed E-state index contributed by atoms with van der Waals surface area (Å²) in [6, 6.07) is 11.4. The Morgan fingerprint density at radius 3 is 2.31 bits per heavy atom. The van der Waals surface area contributed by atoms with E-state index in [-0.39, 0.29) is 11.6 Å². The van der Waals surface area contributed by atoms with Gasteiger partial charge in [0.25, 0.3) is 0 Å². The van der Waals surface area contributed by atoms with Crippen molar-refractivity contribution in [2.45, 2.75) is 29.5 Å². The molecule has 2 N–H and O–H groups in total. The quantitative estimate of drug-likeness (QED) is 0.708. The second-order valence-electron chi connectivity index (χ2n) is 8.67. The Bertz CT molecular complexity index is 1140. The number of halogens is 2. The van der Waals surface area contributed by atoms with Gasteiger partial charge in [-0.25, -0.2) is 17.2 Å². The van der Waals surface area contributed by atoms with Gasteiger partial charge in [0, 0.05) is 43.8 Å². The summed E-state index contributed by atoms with van der Waals surface area (Å²) in [7, 11) is -3.52. The van der Waals surface area contributed by atoms with E-state index < -0.39 is 33.8 Å². The zero-order valence-electron chi connectivity index (χ0n) is 17.5. The number of benzene rings is 2. The van der Waals surface area contributed by atoms with Gasteiger partial charge in [0.1, 0.15) is 17.7 Å². The molecule has 2 aromatic carbocycles. The van der Waals surface area contributed by atoms with Crippen molar-refractivity contribution >= 4 is 10.0 Å². The first-order valence-electron chi connectivity index (χ1n) is 10.6. The molecule has 9 heteroatoms. The lowest BCUT2D eigenvalue weighted by Crippen LogP contribution is -2.49. The third-order valence-electron chi connectivity index (χ3n) is 6.59. The van der Waals surface area contributed by atoms with Crippen LogP contribution in [0.1, 0.15) is 18.1 Å². The van der Waals surface area contributed by atoms with Crippen LogP contribution >= 0.6 is 0 Å². The van der Waals surface area contributed by atoms with Crippen LogP contribution in [0.25, 0.3) is 0 Å². The fourth-order valence-electron chi connectivity index (χ4n) is 4.90. The van der Waals surface area contributed by atoms with Crippen molar-refractivity contribution in [3.8, 4) is 0 Å².